The summed E-state index contributed by atoms with van der Waals surface area (Å²) in [6.45, 7) is 6.46. The molecule has 0 saturated heterocycles. The van der Waals surface area contributed by atoms with Crippen molar-refractivity contribution in [2.75, 3.05) is 7.05 Å². The zero-order valence-electron chi connectivity index (χ0n) is 9.79. The van der Waals surface area contributed by atoms with E-state index in [1.165, 1.54) is 0 Å². The number of nitrogens with zero attached hydrogens (tertiary/aromatic N) is 1. The predicted octanol–water partition coefficient (Wildman–Crippen LogP) is 2.03. The summed E-state index contributed by atoms with van der Waals surface area (Å²) in [5.74, 6) is -0.0624. The van der Waals surface area contributed by atoms with E-state index < -0.39 is 0 Å². The fourth-order valence-electron chi connectivity index (χ4n) is 1.40. The molecule has 0 saturated carbocycles. The van der Waals surface area contributed by atoms with Gasteiger partial charge in [-0.05, 0) is 24.0 Å². The van der Waals surface area contributed by atoms with E-state index in [4.69, 9.17) is 0 Å². The molecule has 1 N–H and O–H groups in total. The van der Waals surface area contributed by atoms with Crippen molar-refractivity contribution < 1.29 is 4.79 Å². The van der Waals surface area contributed by atoms with Crippen molar-refractivity contribution in [2.45, 2.75) is 27.2 Å². The maximum Gasteiger partial charge on any atom is 0.251 e. The molecule has 0 radical (unpaired) electrons. The summed E-state index contributed by atoms with van der Waals surface area (Å²) in [4.78, 5) is 15.7. The van der Waals surface area contributed by atoms with Gasteiger partial charge in [-0.3, -0.25) is 9.78 Å². The third kappa shape index (κ3) is 3.70. The standard InChI is InChI=1S/C12H18N2O/c1-12(2,3)8-10-7-9(5-6-14-10)11(15)13-4/h5-7H,8H2,1-4H3,(H,13,15). The molecule has 0 aromatic carbocycles. The van der Waals surface area contributed by atoms with Gasteiger partial charge in [-0.25, -0.2) is 0 Å². The van der Waals surface area contributed by atoms with Gasteiger partial charge in [0, 0.05) is 24.5 Å². The largest absolute Gasteiger partial charge is 0.355 e. The smallest absolute Gasteiger partial charge is 0.251 e. The number of hydrogen-bond acceptors (Lipinski definition) is 2. The molecular weight excluding hydrogens is 188 g/mol. The Morgan fingerprint density at radius 3 is 2.67 bits per heavy atom. The first-order valence-electron chi connectivity index (χ1n) is 5.09. The van der Waals surface area contributed by atoms with Crippen LogP contribution in [0.25, 0.3) is 0 Å². The summed E-state index contributed by atoms with van der Waals surface area (Å²) >= 11 is 0. The predicted molar refractivity (Wildman–Crippen MR) is 60.8 cm³/mol. The Morgan fingerprint density at radius 1 is 1.47 bits per heavy atom. The van der Waals surface area contributed by atoms with Crippen LogP contribution in [0, 0.1) is 5.41 Å². The lowest BCUT2D eigenvalue weighted by Gasteiger charge is -2.17. The summed E-state index contributed by atoms with van der Waals surface area (Å²) in [6.07, 6.45) is 2.56. The third-order valence-electron chi connectivity index (χ3n) is 2.02. The fourth-order valence-corrected chi connectivity index (χ4v) is 1.40. The summed E-state index contributed by atoms with van der Waals surface area (Å²) in [5.41, 5.74) is 1.82. The zero-order chi connectivity index (χ0) is 11.5. The van der Waals surface area contributed by atoms with Crippen molar-refractivity contribution in [3.63, 3.8) is 0 Å². The first-order valence-corrected chi connectivity index (χ1v) is 5.09. The van der Waals surface area contributed by atoms with Gasteiger partial charge in [0.1, 0.15) is 0 Å². The van der Waals surface area contributed by atoms with Crippen LogP contribution in [0.3, 0.4) is 0 Å². The maximum atomic E-state index is 11.4. The maximum absolute atomic E-state index is 11.4. The van der Waals surface area contributed by atoms with E-state index in [1.54, 1.807) is 19.3 Å². The van der Waals surface area contributed by atoms with Gasteiger partial charge in [0.05, 0.1) is 0 Å². The number of carbonyl (C=O) groups is 1. The molecule has 0 aliphatic carbocycles. The molecule has 1 aromatic heterocycles. The Morgan fingerprint density at radius 2 is 2.13 bits per heavy atom. The van der Waals surface area contributed by atoms with Crippen LogP contribution in [0.2, 0.25) is 0 Å². The molecule has 0 spiro atoms. The Hall–Kier alpha value is -1.38. The number of amides is 1. The van der Waals surface area contributed by atoms with Gasteiger partial charge in [0.2, 0.25) is 0 Å². The highest BCUT2D eigenvalue weighted by atomic mass is 16.1. The van der Waals surface area contributed by atoms with Crippen LogP contribution in [0.4, 0.5) is 0 Å². The molecule has 0 fully saturated rings. The lowest BCUT2D eigenvalue weighted by Crippen LogP contribution is -2.18. The van der Waals surface area contributed by atoms with Gasteiger partial charge in [0.25, 0.3) is 5.91 Å². The van der Waals surface area contributed by atoms with Gasteiger partial charge >= 0.3 is 0 Å². The number of hydrogen-bond donors (Lipinski definition) is 1. The molecule has 0 unspecified atom stereocenters. The molecule has 0 bridgehead atoms. The summed E-state index contributed by atoms with van der Waals surface area (Å²) < 4.78 is 0. The number of nitrogens with one attached hydrogen (secondary N) is 1. The first-order chi connectivity index (χ1) is 6.92. The minimum absolute atomic E-state index is 0.0624. The van der Waals surface area contributed by atoms with Crippen LogP contribution in [0.5, 0.6) is 0 Å². The highest BCUT2D eigenvalue weighted by molar-refractivity contribution is 5.93. The van der Waals surface area contributed by atoms with Crippen LogP contribution in [-0.4, -0.2) is 17.9 Å². The summed E-state index contributed by atoms with van der Waals surface area (Å²) in [5, 5.41) is 2.60. The Kier molecular flexibility index (Phi) is 3.45. The number of pyridine rings is 1. The quantitative estimate of drug-likeness (QED) is 0.804. The van der Waals surface area contributed by atoms with E-state index in [-0.39, 0.29) is 11.3 Å². The minimum atomic E-state index is -0.0624. The lowest BCUT2D eigenvalue weighted by molar-refractivity contribution is 0.0962. The highest BCUT2D eigenvalue weighted by Gasteiger charge is 2.13. The molecule has 0 atom stereocenters. The van der Waals surface area contributed by atoms with E-state index in [9.17, 15) is 4.79 Å². The lowest BCUT2D eigenvalue weighted by atomic mass is 9.90. The van der Waals surface area contributed by atoms with Gasteiger partial charge < -0.3 is 5.32 Å². The SMILES string of the molecule is CNC(=O)c1ccnc(CC(C)(C)C)c1. The molecule has 3 heteroatoms. The fraction of sp³-hybridized carbons (Fsp3) is 0.500. The van der Waals surface area contributed by atoms with Gasteiger partial charge in [0.15, 0.2) is 0 Å². The van der Waals surface area contributed by atoms with Crippen LogP contribution >= 0.6 is 0 Å². The number of rotatable bonds is 2. The van der Waals surface area contributed by atoms with Crippen LogP contribution in [-0.2, 0) is 6.42 Å². The van der Waals surface area contributed by atoms with E-state index in [0.717, 1.165) is 12.1 Å². The molecule has 1 heterocycles. The van der Waals surface area contributed by atoms with Crippen LogP contribution < -0.4 is 5.32 Å². The molecule has 0 aliphatic heterocycles. The molecule has 3 nitrogen and oxygen atoms in total. The first kappa shape index (κ1) is 11.7. The minimum Gasteiger partial charge on any atom is -0.355 e. The Balaban J connectivity index is 2.88. The summed E-state index contributed by atoms with van der Waals surface area (Å²) in [7, 11) is 1.63. The van der Waals surface area contributed by atoms with Crippen molar-refractivity contribution >= 4 is 5.91 Å². The molecular formula is C12H18N2O. The molecule has 1 amide bonds. The van der Waals surface area contributed by atoms with Crippen molar-refractivity contribution in [1.82, 2.24) is 10.3 Å². The van der Waals surface area contributed by atoms with Crippen molar-refractivity contribution in [3.8, 4) is 0 Å². The van der Waals surface area contributed by atoms with Gasteiger partial charge in [-0.15, -0.1) is 0 Å². The van der Waals surface area contributed by atoms with E-state index in [0.29, 0.717) is 5.56 Å². The highest BCUT2D eigenvalue weighted by Crippen LogP contribution is 2.19. The van der Waals surface area contributed by atoms with Gasteiger partial charge in [-0.1, -0.05) is 20.8 Å². The van der Waals surface area contributed by atoms with Gasteiger partial charge in [-0.2, -0.15) is 0 Å². The topological polar surface area (TPSA) is 42.0 Å². The van der Waals surface area contributed by atoms with Crippen LogP contribution in [0.15, 0.2) is 18.3 Å². The Labute approximate surface area is 90.9 Å². The average Bonchev–Trinajstić information content (AvgIpc) is 2.14. The summed E-state index contributed by atoms with van der Waals surface area (Å²) in [6, 6.07) is 3.58. The second-order valence-electron chi connectivity index (χ2n) is 4.85. The van der Waals surface area contributed by atoms with Crippen molar-refractivity contribution in [3.05, 3.63) is 29.6 Å². The van der Waals surface area contributed by atoms with Crippen molar-refractivity contribution in [1.29, 1.82) is 0 Å². The second kappa shape index (κ2) is 4.43. The average molecular weight is 206 g/mol. The second-order valence-corrected chi connectivity index (χ2v) is 4.85. The van der Waals surface area contributed by atoms with Crippen LogP contribution in [0.1, 0.15) is 36.8 Å². The molecule has 82 valence electrons. The van der Waals surface area contributed by atoms with E-state index in [1.807, 2.05) is 6.07 Å². The number of carbonyl (C=O) groups excluding carboxylic acids is 1. The molecule has 15 heavy (non-hydrogen) atoms. The number of aromatic nitrogens is 1. The zero-order valence-corrected chi connectivity index (χ0v) is 9.79. The van der Waals surface area contributed by atoms with E-state index in [2.05, 4.69) is 31.1 Å². The monoisotopic (exact) mass is 206 g/mol. The molecule has 1 aromatic rings. The normalized spacial score (nSPS) is 11.2. The third-order valence-corrected chi connectivity index (χ3v) is 2.02. The van der Waals surface area contributed by atoms with E-state index >= 15 is 0 Å². The Bertz CT molecular complexity index is 353. The molecule has 0 aliphatic rings. The van der Waals surface area contributed by atoms with Crippen molar-refractivity contribution in [2.24, 2.45) is 5.41 Å². The molecule has 1 rings (SSSR count).